The standard InChI is InChI=1S/C26H26N4O4/c1-33-24-15-21(7-9-23(24)34-18-20-11-13-27-14-12-20)16-28-26(32)22-8-10-25(31)30(29-22)17-19-5-3-2-4-6-19/h2-7,9,11-15H,8,10,16-18H2,1H3,(H,28,32). The Kier molecular flexibility index (Phi) is 7.49. The fourth-order valence-corrected chi connectivity index (χ4v) is 3.51. The summed E-state index contributed by atoms with van der Waals surface area (Å²) in [6.07, 6.45) is 4.02. The molecule has 2 amide bonds. The molecule has 0 saturated heterocycles. The summed E-state index contributed by atoms with van der Waals surface area (Å²) in [5.41, 5.74) is 3.16. The second kappa shape index (κ2) is 11.1. The van der Waals surface area contributed by atoms with Crippen molar-refractivity contribution < 1.29 is 19.1 Å². The number of methoxy groups -OCH3 is 1. The summed E-state index contributed by atoms with van der Waals surface area (Å²) in [5.74, 6) is 0.812. The van der Waals surface area contributed by atoms with Gasteiger partial charge in [-0.3, -0.25) is 14.6 Å². The smallest absolute Gasteiger partial charge is 0.267 e. The average molecular weight is 459 g/mol. The van der Waals surface area contributed by atoms with Crippen molar-refractivity contribution in [3.8, 4) is 11.5 Å². The Hall–Kier alpha value is -4.20. The summed E-state index contributed by atoms with van der Waals surface area (Å²) in [6, 6.07) is 18.9. The van der Waals surface area contributed by atoms with E-state index in [1.54, 1.807) is 19.5 Å². The number of hydrazone groups is 1. The molecule has 1 aromatic heterocycles. The molecule has 1 aliphatic rings. The molecular weight excluding hydrogens is 432 g/mol. The Balaban J connectivity index is 1.36. The van der Waals surface area contributed by atoms with E-state index in [1.165, 1.54) is 5.01 Å². The molecule has 8 heteroatoms. The number of pyridine rings is 1. The van der Waals surface area contributed by atoms with Crippen LogP contribution in [0.1, 0.15) is 29.5 Å². The third-order valence-electron chi connectivity index (χ3n) is 5.37. The number of hydrogen-bond donors (Lipinski definition) is 1. The van der Waals surface area contributed by atoms with E-state index in [9.17, 15) is 9.59 Å². The van der Waals surface area contributed by atoms with Gasteiger partial charge in [0.2, 0.25) is 5.91 Å². The van der Waals surface area contributed by atoms with Gasteiger partial charge >= 0.3 is 0 Å². The van der Waals surface area contributed by atoms with Crippen molar-refractivity contribution in [3.63, 3.8) is 0 Å². The van der Waals surface area contributed by atoms with Crippen LogP contribution in [0.3, 0.4) is 0 Å². The van der Waals surface area contributed by atoms with Crippen LogP contribution in [0.5, 0.6) is 11.5 Å². The quantitative estimate of drug-likeness (QED) is 0.530. The lowest BCUT2D eigenvalue weighted by Gasteiger charge is -2.23. The number of aromatic nitrogens is 1. The number of carbonyl (C=O) groups is 2. The van der Waals surface area contributed by atoms with Crippen molar-refractivity contribution in [1.82, 2.24) is 15.3 Å². The molecule has 2 aromatic carbocycles. The first-order valence-electron chi connectivity index (χ1n) is 11.0. The van der Waals surface area contributed by atoms with Crippen LogP contribution in [0.15, 0.2) is 78.2 Å². The van der Waals surface area contributed by atoms with Crippen molar-refractivity contribution in [1.29, 1.82) is 0 Å². The van der Waals surface area contributed by atoms with Crippen LogP contribution in [0.4, 0.5) is 0 Å². The minimum atomic E-state index is -0.289. The Morgan fingerprint density at radius 2 is 1.76 bits per heavy atom. The third kappa shape index (κ3) is 5.98. The zero-order valence-corrected chi connectivity index (χ0v) is 18.9. The molecule has 0 fully saturated rings. The van der Waals surface area contributed by atoms with Crippen molar-refractivity contribution in [3.05, 3.63) is 89.7 Å². The van der Waals surface area contributed by atoms with Gasteiger partial charge in [-0.1, -0.05) is 36.4 Å². The van der Waals surface area contributed by atoms with Crippen LogP contribution in [0, 0.1) is 0 Å². The van der Waals surface area contributed by atoms with Gasteiger partial charge in [0.25, 0.3) is 5.91 Å². The van der Waals surface area contributed by atoms with Crippen molar-refractivity contribution in [2.24, 2.45) is 5.10 Å². The molecule has 0 spiro atoms. The highest BCUT2D eigenvalue weighted by Gasteiger charge is 2.24. The van der Waals surface area contributed by atoms with Gasteiger partial charge in [-0.25, -0.2) is 5.01 Å². The van der Waals surface area contributed by atoms with Crippen LogP contribution in [-0.2, 0) is 29.3 Å². The largest absolute Gasteiger partial charge is 0.493 e. The monoisotopic (exact) mass is 458 g/mol. The van der Waals surface area contributed by atoms with Gasteiger partial charge in [-0.05, 0) is 41.0 Å². The molecule has 4 rings (SSSR count). The van der Waals surface area contributed by atoms with Crippen LogP contribution < -0.4 is 14.8 Å². The van der Waals surface area contributed by atoms with Gasteiger partial charge < -0.3 is 14.8 Å². The number of benzene rings is 2. The zero-order chi connectivity index (χ0) is 23.8. The second-order valence-electron chi connectivity index (χ2n) is 7.80. The van der Waals surface area contributed by atoms with Crippen molar-refractivity contribution >= 4 is 17.5 Å². The third-order valence-corrected chi connectivity index (χ3v) is 5.37. The zero-order valence-electron chi connectivity index (χ0n) is 18.9. The maximum atomic E-state index is 12.7. The predicted octanol–water partition coefficient (Wildman–Crippen LogP) is 3.46. The molecule has 0 unspecified atom stereocenters. The summed E-state index contributed by atoms with van der Waals surface area (Å²) in [6.45, 7) is 1.03. The lowest BCUT2D eigenvalue weighted by atomic mass is 10.1. The fourth-order valence-electron chi connectivity index (χ4n) is 3.51. The molecule has 2 heterocycles. The highest BCUT2D eigenvalue weighted by molar-refractivity contribution is 6.39. The molecule has 3 aromatic rings. The Bertz CT molecular complexity index is 1170. The minimum absolute atomic E-state index is 0.0903. The van der Waals surface area contributed by atoms with Crippen LogP contribution in [0.2, 0.25) is 0 Å². The number of ether oxygens (including phenoxy) is 2. The van der Waals surface area contributed by atoms with Gasteiger partial charge in [-0.2, -0.15) is 5.10 Å². The molecular formula is C26H26N4O4. The van der Waals surface area contributed by atoms with Gasteiger partial charge in [0.1, 0.15) is 12.3 Å². The molecule has 1 N–H and O–H groups in total. The van der Waals surface area contributed by atoms with E-state index < -0.39 is 0 Å². The van der Waals surface area contributed by atoms with E-state index in [0.717, 1.165) is 16.7 Å². The Morgan fingerprint density at radius 3 is 2.53 bits per heavy atom. The first kappa shape index (κ1) is 23.0. The average Bonchev–Trinajstić information content (AvgIpc) is 2.88. The predicted molar refractivity (Wildman–Crippen MR) is 127 cm³/mol. The lowest BCUT2D eigenvalue weighted by Crippen LogP contribution is -2.38. The number of nitrogens with zero attached hydrogens (tertiary/aromatic N) is 3. The summed E-state index contributed by atoms with van der Waals surface area (Å²) in [7, 11) is 1.58. The highest BCUT2D eigenvalue weighted by Crippen LogP contribution is 2.29. The van der Waals surface area contributed by atoms with E-state index in [0.29, 0.717) is 43.3 Å². The molecule has 174 valence electrons. The number of hydrogen-bond acceptors (Lipinski definition) is 6. The highest BCUT2D eigenvalue weighted by atomic mass is 16.5. The summed E-state index contributed by atoms with van der Waals surface area (Å²) >= 11 is 0. The SMILES string of the molecule is COc1cc(CNC(=O)C2=NN(Cc3ccccc3)C(=O)CC2)ccc1OCc1ccncc1. The fraction of sp³-hybridized carbons (Fsp3) is 0.231. The molecule has 34 heavy (non-hydrogen) atoms. The van der Waals surface area contributed by atoms with Crippen LogP contribution >= 0.6 is 0 Å². The van der Waals surface area contributed by atoms with Crippen LogP contribution in [-0.4, -0.2) is 34.6 Å². The normalized spacial score (nSPS) is 13.3. The van der Waals surface area contributed by atoms with E-state index in [2.05, 4.69) is 15.4 Å². The summed E-state index contributed by atoms with van der Waals surface area (Å²) in [5, 5.41) is 8.56. The van der Waals surface area contributed by atoms with E-state index in [1.807, 2.05) is 60.7 Å². The molecule has 0 radical (unpaired) electrons. The second-order valence-corrected chi connectivity index (χ2v) is 7.80. The van der Waals surface area contributed by atoms with Gasteiger partial charge in [0.15, 0.2) is 11.5 Å². The molecule has 0 saturated carbocycles. The summed E-state index contributed by atoms with van der Waals surface area (Å²) in [4.78, 5) is 29.0. The van der Waals surface area contributed by atoms with Crippen molar-refractivity contribution in [2.45, 2.75) is 32.5 Å². The van der Waals surface area contributed by atoms with E-state index >= 15 is 0 Å². The number of nitrogens with one attached hydrogen (secondary N) is 1. The van der Waals surface area contributed by atoms with Gasteiger partial charge in [0, 0.05) is 31.8 Å². The minimum Gasteiger partial charge on any atom is -0.493 e. The first-order valence-corrected chi connectivity index (χ1v) is 11.0. The Morgan fingerprint density at radius 1 is 0.971 bits per heavy atom. The lowest BCUT2D eigenvalue weighted by molar-refractivity contribution is -0.132. The number of carbonyl (C=O) groups excluding carboxylic acids is 2. The van der Waals surface area contributed by atoms with E-state index in [4.69, 9.17) is 9.47 Å². The molecule has 0 aliphatic carbocycles. The molecule has 8 nitrogen and oxygen atoms in total. The maximum Gasteiger partial charge on any atom is 0.267 e. The van der Waals surface area contributed by atoms with Gasteiger partial charge in [0.05, 0.1) is 13.7 Å². The number of rotatable bonds is 9. The number of amides is 2. The molecule has 0 bridgehead atoms. The van der Waals surface area contributed by atoms with Gasteiger partial charge in [-0.15, -0.1) is 0 Å². The first-order chi connectivity index (χ1) is 16.6. The van der Waals surface area contributed by atoms with Crippen LogP contribution in [0.25, 0.3) is 0 Å². The Labute approximate surface area is 198 Å². The topological polar surface area (TPSA) is 93.1 Å². The summed E-state index contributed by atoms with van der Waals surface area (Å²) < 4.78 is 11.3. The molecule has 1 aliphatic heterocycles. The maximum absolute atomic E-state index is 12.7. The van der Waals surface area contributed by atoms with Crippen molar-refractivity contribution in [2.75, 3.05) is 7.11 Å². The molecule has 0 atom stereocenters. The van der Waals surface area contributed by atoms with E-state index in [-0.39, 0.29) is 18.2 Å².